The van der Waals surface area contributed by atoms with Crippen LogP contribution >= 0.6 is 0 Å². The Hall–Kier alpha value is -6.32. The van der Waals surface area contributed by atoms with Gasteiger partial charge < -0.3 is 8.98 Å². The van der Waals surface area contributed by atoms with Crippen LogP contribution in [0.15, 0.2) is 186 Å². The van der Waals surface area contributed by atoms with Crippen molar-refractivity contribution in [2.75, 3.05) is 4.90 Å². The van der Waals surface area contributed by atoms with E-state index in [2.05, 4.69) is 179 Å². The molecule has 8 aromatic carbocycles. The smallest absolute Gasteiger partial charge is 0.0602 e. The van der Waals surface area contributed by atoms with Crippen molar-refractivity contribution >= 4 is 94.6 Å². The second-order valence-corrected chi connectivity index (χ2v) is 15.6. The minimum absolute atomic E-state index is 0.366. The average molecular weight is 730 g/mol. The zero-order valence-electron chi connectivity index (χ0n) is 28.0. The van der Waals surface area contributed by atoms with E-state index in [-0.39, 0.29) is 0 Å². The molecule has 3 nitrogen and oxygen atoms in total. The van der Waals surface area contributed by atoms with Crippen LogP contribution in [0.2, 0.25) is 0 Å². The molecule has 52 heavy (non-hydrogen) atoms. The molecule has 0 saturated heterocycles. The van der Waals surface area contributed by atoms with Gasteiger partial charge in [0.1, 0.15) is 11.2 Å². The molecular formula is C48H30N2OSe. The first kappa shape index (κ1) is 29.4. The van der Waals surface area contributed by atoms with Crippen molar-refractivity contribution < 1.29 is 4.42 Å². The van der Waals surface area contributed by atoms with Crippen LogP contribution in [0.1, 0.15) is 0 Å². The van der Waals surface area contributed by atoms with Crippen LogP contribution in [-0.2, 0) is 0 Å². The molecule has 244 valence electrons. The fraction of sp³-hybridized carbons (Fsp3) is 0. The van der Waals surface area contributed by atoms with Gasteiger partial charge in [0.25, 0.3) is 0 Å². The molecule has 0 aliphatic rings. The van der Waals surface area contributed by atoms with E-state index in [0.29, 0.717) is 14.5 Å². The van der Waals surface area contributed by atoms with E-state index in [0.717, 1.165) is 44.7 Å². The van der Waals surface area contributed by atoms with Crippen molar-refractivity contribution in [2.45, 2.75) is 0 Å². The molecule has 11 aromatic rings. The van der Waals surface area contributed by atoms with E-state index >= 15 is 0 Å². The van der Waals surface area contributed by atoms with Gasteiger partial charge in [-0.15, -0.1) is 0 Å². The molecule has 0 N–H and O–H groups in total. The second-order valence-electron chi connectivity index (χ2n) is 13.4. The summed E-state index contributed by atoms with van der Waals surface area (Å²) in [5.74, 6) is 0. The van der Waals surface area contributed by atoms with Gasteiger partial charge in [-0.05, 0) is 24.3 Å². The number of benzene rings is 8. The number of para-hydroxylation sites is 3. The fourth-order valence-electron chi connectivity index (χ4n) is 7.96. The van der Waals surface area contributed by atoms with E-state index in [9.17, 15) is 0 Å². The molecule has 0 bridgehead atoms. The molecule has 0 atom stereocenters. The molecule has 0 fully saturated rings. The van der Waals surface area contributed by atoms with Crippen LogP contribution < -0.4 is 4.90 Å². The van der Waals surface area contributed by atoms with E-state index in [1.165, 1.54) is 52.2 Å². The minimum Gasteiger partial charge on any atom is -0.0602 e. The van der Waals surface area contributed by atoms with Crippen molar-refractivity contribution in [3.63, 3.8) is 0 Å². The molecule has 3 heterocycles. The van der Waals surface area contributed by atoms with Gasteiger partial charge >= 0.3 is 181 Å². The normalized spacial score (nSPS) is 11.8. The third-order valence-corrected chi connectivity index (χ3v) is 12.8. The maximum atomic E-state index is 6.25. The van der Waals surface area contributed by atoms with E-state index in [1.807, 2.05) is 12.1 Å². The van der Waals surface area contributed by atoms with Crippen LogP contribution in [0.25, 0.3) is 79.9 Å². The zero-order valence-corrected chi connectivity index (χ0v) is 29.7. The number of nitrogens with zero attached hydrogens (tertiary/aromatic N) is 2. The van der Waals surface area contributed by atoms with Gasteiger partial charge in [0.05, 0.1) is 11.0 Å². The summed E-state index contributed by atoms with van der Waals surface area (Å²) in [6.45, 7) is 0. The van der Waals surface area contributed by atoms with Crippen molar-refractivity contribution in [1.82, 2.24) is 4.57 Å². The predicted octanol–water partition coefficient (Wildman–Crippen LogP) is 13.2. The molecule has 0 spiro atoms. The Bertz CT molecular complexity index is 3130. The summed E-state index contributed by atoms with van der Waals surface area (Å²) in [7, 11) is 0. The van der Waals surface area contributed by atoms with E-state index in [1.54, 1.807) is 0 Å². The van der Waals surface area contributed by atoms with Crippen LogP contribution in [0.4, 0.5) is 17.1 Å². The molecule has 3 aromatic heterocycles. The molecule has 0 unspecified atom stereocenters. The summed E-state index contributed by atoms with van der Waals surface area (Å²) in [5, 5.41) is 7.44. The number of aromatic nitrogens is 1. The number of anilines is 3. The summed E-state index contributed by atoms with van der Waals surface area (Å²) in [6.07, 6.45) is 0. The Kier molecular flexibility index (Phi) is 6.57. The Labute approximate surface area is 305 Å². The summed E-state index contributed by atoms with van der Waals surface area (Å²) in [4.78, 5) is 2.38. The van der Waals surface area contributed by atoms with Crippen molar-refractivity contribution in [2.24, 2.45) is 0 Å². The van der Waals surface area contributed by atoms with Gasteiger partial charge in [-0.2, -0.15) is 0 Å². The Morgan fingerprint density at radius 2 is 1.00 bits per heavy atom. The van der Waals surface area contributed by atoms with Crippen LogP contribution in [0.5, 0.6) is 0 Å². The van der Waals surface area contributed by atoms with Gasteiger partial charge in [-0.3, -0.25) is 0 Å². The topological polar surface area (TPSA) is 21.3 Å². The molecule has 0 amide bonds. The maximum absolute atomic E-state index is 6.25. The number of hydrogen-bond acceptors (Lipinski definition) is 2. The summed E-state index contributed by atoms with van der Waals surface area (Å²) < 4.78 is 11.6. The first-order valence-electron chi connectivity index (χ1n) is 17.6. The summed E-state index contributed by atoms with van der Waals surface area (Å²) in [5.41, 5.74) is 11.0. The number of furan rings is 1. The SMILES string of the molecule is c1ccc(-n2c3ccccc3c3cc(N(c4ccc(-c5ccc6[se]c7ccccc7c6c5)cc4)c4ccc5oc6ccccc6c5c4)ccc32)cc1. The summed E-state index contributed by atoms with van der Waals surface area (Å²) in [6, 6.07) is 66.0. The van der Waals surface area contributed by atoms with Crippen LogP contribution in [-0.4, -0.2) is 19.1 Å². The van der Waals surface area contributed by atoms with Gasteiger partial charge in [0.2, 0.25) is 0 Å². The monoisotopic (exact) mass is 730 g/mol. The van der Waals surface area contributed by atoms with E-state index < -0.39 is 0 Å². The molecule has 0 aliphatic heterocycles. The van der Waals surface area contributed by atoms with Gasteiger partial charge in [-0.25, -0.2) is 0 Å². The van der Waals surface area contributed by atoms with E-state index in [4.69, 9.17) is 4.42 Å². The number of fused-ring (bicyclic) bond motifs is 9. The predicted molar refractivity (Wildman–Crippen MR) is 220 cm³/mol. The van der Waals surface area contributed by atoms with Gasteiger partial charge in [0, 0.05) is 16.5 Å². The Balaban J connectivity index is 1.09. The third kappa shape index (κ3) is 4.59. The van der Waals surface area contributed by atoms with Gasteiger partial charge in [0.15, 0.2) is 0 Å². The van der Waals surface area contributed by atoms with Crippen LogP contribution in [0.3, 0.4) is 0 Å². The molecule has 0 aliphatic carbocycles. The molecule has 0 radical (unpaired) electrons. The Morgan fingerprint density at radius 1 is 0.385 bits per heavy atom. The first-order valence-corrected chi connectivity index (χ1v) is 19.3. The standard InChI is InChI=1S/C48H30N2OSe/c1-2-10-33(11-3-1)50-43-15-7-4-12-37(43)40-29-35(23-25-44(40)50)49(36-24-26-46-41(30-36)38-13-5-8-16-45(38)51-46)34-21-18-31(19-22-34)32-20-27-48-42(28-32)39-14-6-9-17-47(39)52-48/h1-30H. The minimum atomic E-state index is 0.366. The first-order chi connectivity index (χ1) is 25.8. The molecule has 4 heteroatoms. The molecular weight excluding hydrogens is 700 g/mol. The fourth-order valence-corrected chi connectivity index (χ4v) is 10.2. The second kappa shape index (κ2) is 11.6. The molecule has 11 rings (SSSR count). The number of hydrogen-bond donors (Lipinski definition) is 0. The average Bonchev–Trinajstić information content (AvgIpc) is 3.88. The van der Waals surface area contributed by atoms with Crippen molar-refractivity contribution in [1.29, 1.82) is 0 Å². The Morgan fingerprint density at radius 3 is 1.87 bits per heavy atom. The quantitative estimate of drug-likeness (QED) is 0.165. The number of rotatable bonds is 5. The summed E-state index contributed by atoms with van der Waals surface area (Å²) >= 11 is 0.366. The van der Waals surface area contributed by atoms with Crippen molar-refractivity contribution in [3.8, 4) is 16.8 Å². The van der Waals surface area contributed by atoms with Crippen molar-refractivity contribution in [3.05, 3.63) is 182 Å². The third-order valence-electron chi connectivity index (χ3n) is 10.4. The zero-order chi connectivity index (χ0) is 34.2. The van der Waals surface area contributed by atoms with Gasteiger partial charge in [-0.1, -0.05) is 54.6 Å². The molecule has 0 saturated carbocycles. The van der Waals surface area contributed by atoms with Crippen LogP contribution in [0, 0.1) is 0 Å².